The van der Waals surface area contributed by atoms with Crippen molar-refractivity contribution in [2.24, 2.45) is 0 Å². The Morgan fingerprint density at radius 1 is 1.50 bits per heavy atom. The topological polar surface area (TPSA) is 0 Å². The summed E-state index contributed by atoms with van der Waals surface area (Å²) in [7, 11) is 10.7. The molecule has 0 N–H and O–H groups in total. The van der Waals surface area contributed by atoms with Crippen molar-refractivity contribution < 1.29 is 0 Å². The monoisotopic (exact) mass is 137 g/mol. The third-order valence-electron chi connectivity index (χ3n) is 0.309. The lowest BCUT2D eigenvalue weighted by Gasteiger charge is -1.74. The lowest BCUT2D eigenvalue weighted by molar-refractivity contribution is 1.47. The van der Waals surface area contributed by atoms with Crippen molar-refractivity contribution in [3.63, 3.8) is 0 Å². The van der Waals surface area contributed by atoms with Gasteiger partial charge in [0.1, 0.15) is 0 Å². The standard InChI is InChI=1S/C2H5.Al.B.2ClH/c1-2;;;;/h1H2,2H3;;;2*1H/q;+2;;;/p-2. The normalized spacial score (nSPS) is 6.50. The van der Waals surface area contributed by atoms with Gasteiger partial charge in [0, 0.05) is 8.41 Å². The number of halogens is 2. The van der Waals surface area contributed by atoms with E-state index in [9.17, 15) is 0 Å². The van der Waals surface area contributed by atoms with Gasteiger partial charge >= 0.3 is 12.3 Å². The predicted octanol–water partition coefficient (Wildman–Crippen LogP) is 1.59. The van der Waals surface area contributed by atoms with Crippen LogP contribution in [0.2, 0.25) is 5.28 Å². The van der Waals surface area contributed by atoms with Gasteiger partial charge in [0.2, 0.25) is 0 Å². The lowest BCUT2D eigenvalue weighted by atomic mass is 10.8. The maximum atomic E-state index is 5.37. The molecule has 0 atom stereocenters. The minimum absolute atomic E-state index is 0. The largest absolute Gasteiger partial charge is 0.519 e. The second-order valence-electron chi connectivity index (χ2n) is 0.799. The van der Waals surface area contributed by atoms with Crippen molar-refractivity contribution in [3.8, 4) is 0 Å². The summed E-state index contributed by atoms with van der Waals surface area (Å²) in [4.78, 5) is 0. The molecule has 0 fully saturated rings. The fourth-order valence-electron chi connectivity index (χ4n) is 0. The van der Waals surface area contributed by atoms with Crippen LogP contribution in [0.4, 0.5) is 0 Å². The first-order chi connectivity index (χ1) is 2.27. The van der Waals surface area contributed by atoms with Gasteiger partial charge in [0.05, 0.1) is 0 Å². The van der Waals surface area contributed by atoms with E-state index in [1.807, 2.05) is 6.92 Å². The summed E-state index contributed by atoms with van der Waals surface area (Å²) in [6, 6.07) is 0. The second-order valence-corrected chi connectivity index (χ2v) is 6.23. The molecule has 0 spiro atoms. The van der Waals surface area contributed by atoms with Gasteiger partial charge in [-0.15, -0.1) is 0 Å². The van der Waals surface area contributed by atoms with E-state index in [0.717, 1.165) is 5.28 Å². The molecule has 0 aromatic rings. The van der Waals surface area contributed by atoms with Crippen LogP contribution in [0, 0.1) is 0 Å². The fourth-order valence-corrected chi connectivity index (χ4v) is 0. The summed E-state index contributed by atoms with van der Waals surface area (Å²) in [5.74, 6) is 0. The van der Waals surface area contributed by atoms with Crippen LogP contribution in [0.3, 0.4) is 0 Å². The Balaban J connectivity index is 0. The van der Waals surface area contributed by atoms with E-state index in [4.69, 9.17) is 20.1 Å². The van der Waals surface area contributed by atoms with Crippen molar-refractivity contribution in [3.05, 3.63) is 0 Å². The van der Waals surface area contributed by atoms with Crippen LogP contribution in [0.5, 0.6) is 0 Å². The zero-order chi connectivity index (χ0) is 4.28. The Hall–Kier alpha value is 1.18. The molecule has 0 heterocycles. The molecular formula is C2H5AlBCl2. The van der Waals surface area contributed by atoms with Gasteiger partial charge < -0.3 is 0 Å². The van der Waals surface area contributed by atoms with Crippen LogP contribution in [-0.2, 0) is 0 Å². The van der Waals surface area contributed by atoms with E-state index in [1.165, 1.54) is 0 Å². The number of hydrogen-bond donors (Lipinski definition) is 0. The summed E-state index contributed by atoms with van der Waals surface area (Å²) in [6.07, 6.45) is 0. The van der Waals surface area contributed by atoms with Crippen LogP contribution in [0.1, 0.15) is 6.92 Å². The highest BCUT2D eigenvalue weighted by atomic mass is 35.7. The third-order valence-corrected chi connectivity index (χ3v) is 2.78. The lowest BCUT2D eigenvalue weighted by Crippen LogP contribution is -1.83. The molecule has 0 amide bonds. The summed E-state index contributed by atoms with van der Waals surface area (Å²) < 4.78 is 0. The van der Waals surface area contributed by atoms with Gasteiger partial charge in [-0.1, -0.05) is 12.2 Å². The molecule has 0 rings (SSSR count). The molecule has 0 aromatic heterocycles. The molecule has 6 heavy (non-hydrogen) atoms. The van der Waals surface area contributed by atoms with Gasteiger partial charge in [-0.2, -0.15) is 0 Å². The molecule has 0 nitrogen and oxygen atoms in total. The Labute approximate surface area is 53.2 Å². The predicted molar refractivity (Wildman–Crippen MR) is 33.7 cm³/mol. The molecule has 0 bridgehead atoms. The van der Waals surface area contributed by atoms with Gasteiger partial charge in [-0.05, 0) is 0 Å². The van der Waals surface area contributed by atoms with Gasteiger partial charge in [0.15, 0.2) is 0 Å². The number of rotatable bonds is 1. The van der Waals surface area contributed by atoms with Crippen molar-refractivity contribution in [1.29, 1.82) is 0 Å². The minimum atomic E-state index is -1.21. The highest BCUT2D eigenvalue weighted by Crippen LogP contribution is 1.98. The molecule has 4 heteroatoms. The van der Waals surface area contributed by atoms with Crippen molar-refractivity contribution in [1.82, 2.24) is 0 Å². The van der Waals surface area contributed by atoms with E-state index >= 15 is 0 Å². The first-order valence-electron chi connectivity index (χ1n) is 1.55. The van der Waals surface area contributed by atoms with Crippen molar-refractivity contribution in [2.75, 3.05) is 0 Å². The van der Waals surface area contributed by atoms with Gasteiger partial charge in [0.25, 0.3) is 0 Å². The Bertz CT molecular complexity index is 25.5. The van der Waals surface area contributed by atoms with E-state index in [1.54, 1.807) is 0 Å². The minimum Gasteiger partial charge on any atom is -0.234 e. The maximum absolute atomic E-state index is 5.37. The van der Waals surface area contributed by atoms with E-state index < -0.39 is 12.3 Å². The average molecular weight is 138 g/mol. The van der Waals surface area contributed by atoms with Crippen molar-refractivity contribution in [2.45, 2.75) is 12.2 Å². The molecule has 0 aliphatic rings. The zero-order valence-corrected chi connectivity index (χ0v) is 6.28. The summed E-state index contributed by atoms with van der Waals surface area (Å²) in [6.45, 7) is 2.00. The molecule has 0 aliphatic heterocycles. The second kappa shape index (κ2) is 6.18. The van der Waals surface area contributed by atoms with Crippen LogP contribution >= 0.6 is 20.1 Å². The van der Waals surface area contributed by atoms with Crippen LogP contribution in [0.25, 0.3) is 0 Å². The SMILES string of the molecule is C[CH2][Al]([Cl])[Cl].[B]. The summed E-state index contributed by atoms with van der Waals surface area (Å²) >= 11 is -1.21. The maximum Gasteiger partial charge on any atom is 0.519 e. The molecular weight excluding hydrogens is 133 g/mol. The molecule has 0 aliphatic carbocycles. The first-order valence-corrected chi connectivity index (χ1v) is 5.86. The quantitative estimate of drug-likeness (QED) is 0.482. The number of hydrogen-bond acceptors (Lipinski definition) is 0. The molecule has 33 valence electrons. The smallest absolute Gasteiger partial charge is 0.234 e. The Morgan fingerprint density at radius 3 is 1.67 bits per heavy atom. The highest BCUT2D eigenvalue weighted by Gasteiger charge is 2.02. The molecule has 3 radical (unpaired) electrons. The van der Waals surface area contributed by atoms with Crippen LogP contribution < -0.4 is 0 Å². The highest BCUT2D eigenvalue weighted by molar-refractivity contribution is 7.33. The molecule has 0 saturated heterocycles. The van der Waals surface area contributed by atoms with E-state index in [2.05, 4.69) is 0 Å². The molecule has 0 aromatic carbocycles. The van der Waals surface area contributed by atoms with Crippen LogP contribution in [0.15, 0.2) is 0 Å². The molecule has 0 saturated carbocycles. The summed E-state index contributed by atoms with van der Waals surface area (Å²) in [5.41, 5.74) is 0. The zero-order valence-electron chi connectivity index (χ0n) is 3.62. The third kappa shape index (κ3) is 8.95. The average Bonchev–Trinajstić information content (AvgIpc) is 1.38. The fraction of sp³-hybridized carbons (Fsp3) is 1.00. The molecule has 0 unspecified atom stereocenters. The Kier molecular flexibility index (Phi) is 10.5. The van der Waals surface area contributed by atoms with Gasteiger partial charge in [-0.25, -0.2) is 20.1 Å². The van der Waals surface area contributed by atoms with Gasteiger partial charge in [-0.3, -0.25) is 0 Å². The van der Waals surface area contributed by atoms with Crippen molar-refractivity contribution >= 4 is 40.8 Å². The Morgan fingerprint density at radius 2 is 1.67 bits per heavy atom. The van der Waals surface area contributed by atoms with E-state index in [-0.39, 0.29) is 8.41 Å². The van der Waals surface area contributed by atoms with Crippen LogP contribution in [-0.4, -0.2) is 20.7 Å². The van der Waals surface area contributed by atoms with E-state index in [0.29, 0.717) is 0 Å². The first kappa shape index (κ1) is 10.2. The summed E-state index contributed by atoms with van der Waals surface area (Å²) in [5, 5.41) is 0.975.